The summed E-state index contributed by atoms with van der Waals surface area (Å²) >= 11 is 0. The number of halogens is 3. The van der Waals surface area contributed by atoms with E-state index in [0.29, 0.717) is 29.7 Å². The average molecular weight is 581 g/mol. The number of benzene rings is 3. The number of nitrogens with one attached hydrogen (secondary N) is 1. The molecule has 8 heteroatoms. The minimum Gasteiger partial charge on any atom is -0.466 e. The van der Waals surface area contributed by atoms with Crippen LogP contribution in [-0.2, 0) is 21.1 Å². The number of likely N-dealkylation sites (tertiary alicyclic amines) is 1. The van der Waals surface area contributed by atoms with Crippen molar-refractivity contribution in [2.24, 2.45) is 0 Å². The summed E-state index contributed by atoms with van der Waals surface area (Å²) in [5, 5.41) is 3.14. The number of nitrogens with zero attached hydrogens (tertiary/aromatic N) is 1. The Labute approximate surface area is 246 Å². The number of amides is 1. The highest BCUT2D eigenvalue weighted by atomic mass is 19.4. The number of ether oxygens (including phenoxy) is 1. The molecule has 1 heterocycles. The summed E-state index contributed by atoms with van der Waals surface area (Å²) in [7, 11) is 0. The van der Waals surface area contributed by atoms with Gasteiger partial charge in [0.1, 0.15) is 0 Å². The first-order chi connectivity index (χ1) is 20.1. The molecule has 1 aliphatic rings. The minimum atomic E-state index is -4.41. The lowest BCUT2D eigenvalue weighted by atomic mass is 9.76. The van der Waals surface area contributed by atoms with E-state index < -0.39 is 11.7 Å². The molecular formula is C34H39F3N2O3. The summed E-state index contributed by atoms with van der Waals surface area (Å²) in [4.78, 5) is 28.0. The number of hydrogen-bond donors (Lipinski definition) is 1. The second kappa shape index (κ2) is 14.0. The number of esters is 1. The van der Waals surface area contributed by atoms with Gasteiger partial charge in [-0.2, -0.15) is 13.2 Å². The van der Waals surface area contributed by atoms with Gasteiger partial charge in [-0.1, -0.05) is 67.6 Å². The Balaban J connectivity index is 1.30. The van der Waals surface area contributed by atoms with Crippen LogP contribution >= 0.6 is 0 Å². The molecule has 0 aromatic heterocycles. The fourth-order valence-corrected chi connectivity index (χ4v) is 5.73. The van der Waals surface area contributed by atoms with Crippen LogP contribution in [0.2, 0.25) is 0 Å². The molecule has 1 amide bonds. The van der Waals surface area contributed by atoms with Gasteiger partial charge >= 0.3 is 12.1 Å². The third-order valence-corrected chi connectivity index (χ3v) is 8.13. The monoisotopic (exact) mass is 580 g/mol. The predicted octanol–water partition coefficient (Wildman–Crippen LogP) is 7.26. The van der Waals surface area contributed by atoms with E-state index >= 15 is 0 Å². The average Bonchev–Trinajstić information content (AvgIpc) is 2.98. The molecule has 0 bridgehead atoms. The molecular weight excluding hydrogens is 541 g/mol. The van der Waals surface area contributed by atoms with Crippen molar-refractivity contribution in [3.63, 3.8) is 0 Å². The Bertz CT molecular complexity index is 1320. The van der Waals surface area contributed by atoms with Crippen LogP contribution in [0.1, 0.15) is 67.4 Å². The number of carbonyl (C=O) groups excluding carboxylic acids is 2. The Kier molecular flexibility index (Phi) is 10.4. The number of piperidine rings is 1. The molecule has 42 heavy (non-hydrogen) atoms. The highest BCUT2D eigenvalue weighted by Crippen LogP contribution is 2.34. The van der Waals surface area contributed by atoms with Crippen LogP contribution in [0.3, 0.4) is 0 Å². The molecule has 1 aliphatic heterocycles. The number of rotatable bonds is 11. The van der Waals surface area contributed by atoms with Crippen molar-refractivity contribution in [3.8, 4) is 11.1 Å². The topological polar surface area (TPSA) is 58.6 Å². The highest BCUT2D eigenvalue weighted by Gasteiger charge is 2.31. The van der Waals surface area contributed by atoms with Gasteiger partial charge in [-0.3, -0.25) is 9.59 Å². The van der Waals surface area contributed by atoms with E-state index in [-0.39, 0.29) is 23.3 Å². The number of carbonyl (C=O) groups is 2. The standard InChI is InChI=1S/C34H39F3N2O3/c1-3-42-31(40)24-33(2,26-10-5-4-6-11-26)20-9-21-39-22-18-28(19-23-39)38-32(41)30-13-8-7-12-29(30)25-14-16-27(17-15-25)34(35,36)37/h4-8,10-17,28H,3,9,18-24H2,1-2H3,(H,38,41). The SMILES string of the molecule is CCOC(=O)CC(C)(CCCN1CCC(NC(=O)c2ccccc2-c2ccc(C(F)(F)F)cc2)CC1)c1ccccc1. The van der Waals surface area contributed by atoms with Crippen LogP contribution < -0.4 is 5.32 Å². The maximum atomic E-state index is 13.2. The van der Waals surface area contributed by atoms with Gasteiger partial charge in [0.05, 0.1) is 18.6 Å². The van der Waals surface area contributed by atoms with Gasteiger partial charge in [0.25, 0.3) is 5.91 Å². The summed E-state index contributed by atoms with van der Waals surface area (Å²) in [5.41, 5.74) is 1.72. The lowest BCUT2D eigenvalue weighted by Crippen LogP contribution is -2.45. The quantitative estimate of drug-likeness (QED) is 0.243. The maximum Gasteiger partial charge on any atom is 0.416 e. The first kappa shape index (κ1) is 31.3. The smallest absolute Gasteiger partial charge is 0.416 e. The number of hydrogen-bond acceptors (Lipinski definition) is 4. The van der Waals surface area contributed by atoms with Crippen molar-refractivity contribution in [1.82, 2.24) is 10.2 Å². The zero-order chi connectivity index (χ0) is 30.2. The van der Waals surface area contributed by atoms with E-state index in [2.05, 4.69) is 29.3 Å². The number of alkyl halides is 3. The van der Waals surface area contributed by atoms with Crippen molar-refractivity contribution in [2.75, 3.05) is 26.2 Å². The second-order valence-electron chi connectivity index (χ2n) is 11.2. The van der Waals surface area contributed by atoms with Crippen LogP contribution in [0.5, 0.6) is 0 Å². The zero-order valence-electron chi connectivity index (χ0n) is 24.3. The molecule has 1 fully saturated rings. The van der Waals surface area contributed by atoms with Gasteiger partial charge in [0, 0.05) is 30.1 Å². The molecule has 0 saturated carbocycles. The first-order valence-electron chi connectivity index (χ1n) is 14.6. The molecule has 0 radical (unpaired) electrons. The molecule has 1 atom stereocenters. The Hall–Kier alpha value is -3.65. The first-order valence-corrected chi connectivity index (χ1v) is 14.6. The van der Waals surface area contributed by atoms with E-state index in [1.807, 2.05) is 25.1 Å². The third-order valence-electron chi connectivity index (χ3n) is 8.13. The van der Waals surface area contributed by atoms with Crippen LogP contribution in [0.25, 0.3) is 11.1 Å². The Morgan fingerprint density at radius 3 is 2.19 bits per heavy atom. The van der Waals surface area contributed by atoms with Crippen LogP contribution in [-0.4, -0.2) is 49.1 Å². The molecule has 1 unspecified atom stereocenters. The third kappa shape index (κ3) is 8.22. The lowest BCUT2D eigenvalue weighted by molar-refractivity contribution is -0.144. The highest BCUT2D eigenvalue weighted by molar-refractivity contribution is 6.01. The van der Waals surface area contributed by atoms with E-state index in [0.717, 1.165) is 63.0 Å². The van der Waals surface area contributed by atoms with Crippen LogP contribution in [0.4, 0.5) is 13.2 Å². The van der Waals surface area contributed by atoms with Crippen molar-refractivity contribution in [3.05, 3.63) is 95.6 Å². The molecule has 4 rings (SSSR count). The predicted molar refractivity (Wildman–Crippen MR) is 158 cm³/mol. The van der Waals surface area contributed by atoms with Gasteiger partial charge in [-0.15, -0.1) is 0 Å². The fraction of sp³-hybridized carbons (Fsp3) is 0.412. The van der Waals surface area contributed by atoms with E-state index in [1.54, 1.807) is 24.3 Å². The maximum absolute atomic E-state index is 13.2. The normalized spacial score (nSPS) is 16.0. The summed E-state index contributed by atoms with van der Waals surface area (Å²) in [5.74, 6) is -0.401. The lowest BCUT2D eigenvalue weighted by Gasteiger charge is -2.34. The molecule has 0 aliphatic carbocycles. The van der Waals surface area contributed by atoms with Crippen molar-refractivity contribution in [2.45, 2.75) is 63.6 Å². The Morgan fingerprint density at radius 2 is 1.55 bits per heavy atom. The van der Waals surface area contributed by atoms with Crippen molar-refractivity contribution < 1.29 is 27.5 Å². The van der Waals surface area contributed by atoms with Crippen molar-refractivity contribution in [1.29, 1.82) is 0 Å². The van der Waals surface area contributed by atoms with E-state index in [9.17, 15) is 22.8 Å². The van der Waals surface area contributed by atoms with Gasteiger partial charge < -0.3 is 15.0 Å². The van der Waals surface area contributed by atoms with Gasteiger partial charge in [0.2, 0.25) is 0 Å². The molecule has 0 spiro atoms. The summed E-state index contributed by atoms with van der Waals surface area (Å²) in [6.07, 6.45) is -0.656. The fourth-order valence-electron chi connectivity index (χ4n) is 5.73. The van der Waals surface area contributed by atoms with Gasteiger partial charge in [-0.05, 0) is 74.0 Å². The van der Waals surface area contributed by atoms with E-state index in [1.165, 1.54) is 12.1 Å². The summed E-state index contributed by atoms with van der Waals surface area (Å²) in [6.45, 7) is 6.93. The van der Waals surface area contributed by atoms with Gasteiger partial charge in [0.15, 0.2) is 0 Å². The second-order valence-corrected chi connectivity index (χ2v) is 11.2. The molecule has 1 N–H and O–H groups in total. The Morgan fingerprint density at radius 1 is 0.905 bits per heavy atom. The van der Waals surface area contributed by atoms with Gasteiger partial charge in [-0.25, -0.2) is 0 Å². The summed E-state index contributed by atoms with van der Waals surface area (Å²) < 4.78 is 44.2. The summed E-state index contributed by atoms with van der Waals surface area (Å²) in [6, 6.07) is 22.0. The molecule has 5 nitrogen and oxygen atoms in total. The largest absolute Gasteiger partial charge is 0.466 e. The van der Waals surface area contributed by atoms with E-state index in [4.69, 9.17) is 4.74 Å². The van der Waals surface area contributed by atoms with Crippen LogP contribution in [0, 0.1) is 0 Å². The van der Waals surface area contributed by atoms with Crippen LogP contribution in [0.15, 0.2) is 78.9 Å². The minimum absolute atomic E-state index is 0.0211. The zero-order valence-corrected chi connectivity index (χ0v) is 24.3. The molecule has 224 valence electrons. The molecule has 3 aromatic carbocycles. The molecule has 3 aromatic rings. The van der Waals surface area contributed by atoms with Crippen molar-refractivity contribution >= 4 is 11.9 Å². The molecule has 1 saturated heterocycles.